The fraction of sp³-hybridized carbons (Fsp3) is 0.407. The first-order valence-corrected chi connectivity index (χ1v) is 12.3. The predicted molar refractivity (Wildman–Crippen MR) is 133 cm³/mol. The first kappa shape index (κ1) is 26.9. The number of hydroxylamine groups is 1. The smallest absolute Gasteiger partial charge is 0.324 e. The fourth-order valence-corrected chi connectivity index (χ4v) is 4.25. The van der Waals surface area contributed by atoms with Crippen LogP contribution in [-0.4, -0.2) is 51.1 Å². The quantitative estimate of drug-likeness (QED) is 0.238. The monoisotopic (exact) mass is 494 g/mol. The van der Waals surface area contributed by atoms with Crippen molar-refractivity contribution < 1.29 is 24.4 Å². The third kappa shape index (κ3) is 6.91. The maximum absolute atomic E-state index is 13.4. The van der Waals surface area contributed by atoms with E-state index in [9.17, 15) is 24.4 Å². The lowest BCUT2D eigenvalue weighted by atomic mass is 10.0. The Hall–Kier alpha value is -3.72. The summed E-state index contributed by atoms with van der Waals surface area (Å²) in [5.41, 5.74) is 3.52. The number of imide groups is 1. The van der Waals surface area contributed by atoms with Gasteiger partial charge in [-0.3, -0.25) is 19.6 Å². The molecule has 0 bridgehead atoms. The minimum Gasteiger partial charge on any atom is -0.324 e. The van der Waals surface area contributed by atoms with Gasteiger partial charge in [0.2, 0.25) is 5.91 Å². The number of urea groups is 1. The van der Waals surface area contributed by atoms with Gasteiger partial charge in [-0.2, -0.15) is 5.01 Å². The molecule has 3 N–H and O–H groups in total. The van der Waals surface area contributed by atoms with Crippen LogP contribution in [0.3, 0.4) is 0 Å². The number of aryl methyl sites for hydroxylation is 1. The van der Waals surface area contributed by atoms with Gasteiger partial charge in [-0.15, -0.1) is 0 Å². The Morgan fingerprint density at radius 3 is 2.19 bits per heavy atom. The summed E-state index contributed by atoms with van der Waals surface area (Å²) in [6.45, 7) is 3.91. The second kappa shape index (κ2) is 12.8. The molecule has 2 aromatic carbocycles. The lowest BCUT2D eigenvalue weighted by Crippen LogP contribution is -2.59. The molecule has 2 atom stereocenters. The highest BCUT2D eigenvalue weighted by molar-refractivity contribution is 6.06. The molecule has 9 heteroatoms. The van der Waals surface area contributed by atoms with E-state index in [2.05, 4.69) is 5.32 Å². The van der Waals surface area contributed by atoms with Crippen LogP contribution in [0.2, 0.25) is 0 Å². The molecular weight excluding hydrogens is 460 g/mol. The largest absolute Gasteiger partial charge is 0.344 e. The Kier molecular flexibility index (Phi) is 9.58. The molecule has 1 fully saturated rings. The highest BCUT2D eigenvalue weighted by Gasteiger charge is 2.47. The zero-order chi connectivity index (χ0) is 26.1. The number of rotatable bonds is 12. The normalized spacial score (nSPS) is 16.1. The second-order valence-corrected chi connectivity index (χ2v) is 9.38. The van der Waals surface area contributed by atoms with Crippen LogP contribution in [0.1, 0.15) is 50.7 Å². The van der Waals surface area contributed by atoms with Crippen molar-refractivity contribution in [3.05, 3.63) is 71.8 Å². The van der Waals surface area contributed by atoms with Gasteiger partial charge < -0.3 is 5.32 Å². The van der Waals surface area contributed by atoms with Crippen LogP contribution in [0, 0.1) is 5.92 Å². The molecule has 1 saturated heterocycles. The van der Waals surface area contributed by atoms with E-state index >= 15 is 0 Å². The number of hydrogen-bond donors (Lipinski definition) is 3. The summed E-state index contributed by atoms with van der Waals surface area (Å²) in [7, 11) is 0. The molecule has 1 aliphatic rings. The minimum absolute atomic E-state index is 0.0476. The highest BCUT2D eigenvalue weighted by Crippen LogP contribution is 2.22. The van der Waals surface area contributed by atoms with Gasteiger partial charge in [0.05, 0.1) is 0 Å². The summed E-state index contributed by atoms with van der Waals surface area (Å²) in [4.78, 5) is 52.5. The Balaban J connectivity index is 1.85. The maximum atomic E-state index is 13.4. The molecule has 2 aromatic rings. The molecule has 5 amide bonds. The van der Waals surface area contributed by atoms with Gasteiger partial charge in [0.1, 0.15) is 12.1 Å². The van der Waals surface area contributed by atoms with Crippen molar-refractivity contribution in [2.75, 3.05) is 0 Å². The van der Waals surface area contributed by atoms with E-state index in [-0.39, 0.29) is 25.2 Å². The summed E-state index contributed by atoms with van der Waals surface area (Å²) < 4.78 is 0. The van der Waals surface area contributed by atoms with Crippen LogP contribution in [0.4, 0.5) is 4.79 Å². The SMILES string of the molecule is CC(C)CCC(=O)N([C@@H](CCCc1ccccc1)C(=O)NO)N1C(=O)N[C@@H](Cc2ccccc2)C1=O. The molecule has 0 spiro atoms. The van der Waals surface area contributed by atoms with Crippen LogP contribution in [0.25, 0.3) is 0 Å². The zero-order valence-electron chi connectivity index (χ0n) is 20.7. The van der Waals surface area contributed by atoms with Gasteiger partial charge in [-0.25, -0.2) is 15.3 Å². The molecule has 0 saturated carbocycles. The number of amides is 5. The lowest BCUT2D eigenvalue weighted by Gasteiger charge is -2.35. The van der Waals surface area contributed by atoms with Crippen molar-refractivity contribution in [1.29, 1.82) is 0 Å². The first-order chi connectivity index (χ1) is 17.3. The van der Waals surface area contributed by atoms with Crippen LogP contribution < -0.4 is 10.8 Å². The van der Waals surface area contributed by atoms with Crippen LogP contribution in [0.5, 0.6) is 0 Å². The van der Waals surface area contributed by atoms with Crippen LogP contribution in [-0.2, 0) is 27.2 Å². The summed E-state index contributed by atoms with van der Waals surface area (Å²) in [6.07, 6.45) is 2.08. The van der Waals surface area contributed by atoms with Gasteiger partial charge in [0.15, 0.2) is 0 Å². The molecule has 0 radical (unpaired) electrons. The predicted octanol–water partition coefficient (Wildman–Crippen LogP) is 3.23. The fourth-order valence-electron chi connectivity index (χ4n) is 4.25. The number of hydrogen-bond acceptors (Lipinski definition) is 5. The second-order valence-electron chi connectivity index (χ2n) is 9.38. The van der Waals surface area contributed by atoms with Crippen molar-refractivity contribution in [2.24, 2.45) is 5.92 Å². The number of carbonyl (C=O) groups excluding carboxylic acids is 4. The van der Waals surface area contributed by atoms with Crippen LogP contribution >= 0.6 is 0 Å². The van der Waals surface area contributed by atoms with E-state index in [1.54, 1.807) is 5.48 Å². The zero-order valence-corrected chi connectivity index (χ0v) is 20.7. The summed E-state index contributed by atoms with van der Waals surface area (Å²) in [5.74, 6) is -1.79. The van der Waals surface area contributed by atoms with Crippen LogP contribution in [0.15, 0.2) is 60.7 Å². The Bertz CT molecular complexity index is 1040. The third-order valence-electron chi connectivity index (χ3n) is 6.18. The number of nitrogens with zero attached hydrogens (tertiary/aromatic N) is 2. The van der Waals surface area contributed by atoms with E-state index in [1.807, 2.05) is 74.5 Å². The average Bonchev–Trinajstić information content (AvgIpc) is 3.15. The van der Waals surface area contributed by atoms with E-state index in [0.29, 0.717) is 19.3 Å². The Morgan fingerprint density at radius 2 is 1.61 bits per heavy atom. The van der Waals surface area contributed by atoms with E-state index < -0.39 is 35.8 Å². The molecule has 1 aliphatic heterocycles. The maximum Gasteiger partial charge on any atom is 0.344 e. The number of nitrogens with one attached hydrogen (secondary N) is 2. The van der Waals surface area contributed by atoms with Crippen molar-refractivity contribution in [1.82, 2.24) is 20.8 Å². The molecule has 36 heavy (non-hydrogen) atoms. The standard InChI is InChI=1S/C27H34N4O5/c1-19(2)16-17-24(32)30(23(25(33)29-36)15-9-14-20-10-5-3-6-11-20)31-26(34)22(28-27(31)35)18-21-12-7-4-8-13-21/h3-8,10-13,19,22-23,36H,9,14-18H2,1-2H3,(H,28,35)(H,29,33)/t22-,23-/m0/s1. The lowest BCUT2D eigenvalue weighted by molar-refractivity contribution is -0.165. The number of hydrazine groups is 1. The highest BCUT2D eigenvalue weighted by atomic mass is 16.5. The van der Waals surface area contributed by atoms with Crippen molar-refractivity contribution in [2.45, 2.75) is 64.5 Å². The van der Waals surface area contributed by atoms with Gasteiger partial charge >= 0.3 is 6.03 Å². The molecule has 192 valence electrons. The number of carbonyl (C=O) groups is 4. The Morgan fingerprint density at radius 1 is 1.00 bits per heavy atom. The molecule has 0 aromatic heterocycles. The molecule has 9 nitrogen and oxygen atoms in total. The Labute approximate surface area is 211 Å². The third-order valence-corrected chi connectivity index (χ3v) is 6.18. The molecule has 0 aliphatic carbocycles. The molecule has 3 rings (SSSR count). The molecular formula is C27H34N4O5. The molecule has 1 heterocycles. The van der Waals surface area contributed by atoms with Gasteiger partial charge in [0, 0.05) is 12.8 Å². The summed E-state index contributed by atoms with van der Waals surface area (Å²) in [6, 6.07) is 16.0. The van der Waals surface area contributed by atoms with E-state index in [0.717, 1.165) is 21.1 Å². The van der Waals surface area contributed by atoms with Crippen molar-refractivity contribution >= 4 is 23.8 Å². The first-order valence-electron chi connectivity index (χ1n) is 12.3. The van der Waals surface area contributed by atoms with Gasteiger partial charge in [-0.05, 0) is 42.7 Å². The van der Waals surface area contributed by atoms with Gasteiger partial charge in [0.25, 0.3) is 11.8 Å². The van der Waals surface area contributed by atoms with Crippen molar-refractivity contribution in [3.63, 3.8) is 0 Å². The van der Waals surface area contributed by atoms with Gasteiger partial charge in [-0.1, -0.05) is 74.5 Å². The minimum atomic E-state index is -1.23. The summed E-state index contributed by atoms with van der Waals surface area (Å²) >= 11 is 0. The van der Waals surface area contributed by atoms with E-state index in [4.69, 9.17) is 0 Å². The number of benzene rings is 2. The van der Waals surface area contributed by atoms with Crippen molar-refractivity contribution in [3.8, 4) is 0 Å². The molecule has 0 unspecified atom stereocenters. The van der Waals surface area contributed by atoms with E-state index in [1.165, 1.54) is 0 Å². The topological polar surface area (TPSA) is 119 Å². The summed E-state index contributed by atoms with van der Waals surface area (Å²) in [5, 5.41) is 13.8. The average molecular weight is 495 g/mol.